The summed E-state index contributed by atoms with van der Waals surface area (Å²) in [6, 6.07) is 6.73. The summed E-state index contributed by atoms with van der Waals surface area (Å²) in [5.74, 6) is 0. The molecular formula is C14H19NS. The average molecular weight is 233 g/mol. The van der Waals surface area contributed by atoms with E-state index in [0.29, 0.717) is 0 Å². The van der Waals surface area contributed by atoms with E-state index in [-0.39, 0.29) is 5.41 Å². The van der Waals surface area contributed by atoms with Crippen molar-refractivity contribution >= 4 is 21.4 Å². The molecule has 0 amide bonds. The Bertz CT molecular complexity index is 491. The van der Waals surface area contributed by atoms with Gasteiger partial charge in [-0.3, -0.25) is 0 Å². The first-order chi connectivity index (χ1) is 7.52. The quantitative estimate of drug-likeness (QED) is 0.841. The zero-order valence-electron chi connectivity index (χ0n) is 10.2. The SMILES string of the molecule is CC(C)(C)c1csc2cc(CCN)ccc12. The van der Waals surface area contributed by atoms with Crippen LogP contribution in [0.2, 0.25) is 0 Å². The third kappa shape index (κ3) is 2.13. The van der Waals surface area contributed by atoms with E-state index in [0.717, 1.165) is 13.0 Å². The molecule has 0 fully saturated rings. The molecule has 0 spiro atoms. The van der Waals surface area contributed by atoms with Crippen LogP contribution in [0.1, 0.15) is 31.9 Å². The highest BCUT2D eigenvalue weighted by Crippen LogP contribution is 2.35. The molecule has 0 bridgehead atoms. The fraction of sp³-hybridized carbons (Fsp3) is 0.429. The normalized spacial score (nSPS) is 12.2. The molecule has 0 atom stereocenters. The second kappa shape index (κ2) is 4.19. The summed E-state index contributed by atoms with van der Waals surface area (Å²) < 4.78 is 1.39. The summed E-state index contributed by atoms with van der Waals surface area (Å²) in [5, 5.41) is 3.69. The van der Waals surface area contributed by atoms with Gasteiger partial charge < -0.3 is 5.73 Å². The van der Waals surface area contributed by atoms with E-state index in [4.69, 9.17) is 5.73 Å². The van der Waals surface area contributed by atoms with Crippen molar-refractivity contribution < 1.29 is 0 Å². The van der Waals surface area contributed by atoms with Gasteiger partial charge in [-0.05, 0) is 46.3 Å². The summed E-state index contributed by atoms with van der Waals surface area (Å²) in [6.45, 7) is 7.52. The van der Waals surface area contributed by atoms with Crippen molar-refractivity contribution in [3.05, 3.63) is 34.7 Å². The summed E-state index contributed by atoms with van der Waals surface area (Å²) >= 11 is 1.84. The van der Waals surface area contributed by atoms with Crippen LogP contribution in [0.25, 0.3) is 10.1 Å². The summed E-state index contributed by atoms with van der Waals surface area (Å²) in [6.07, 6.45) is 0.971. The first-order valence-corrected chi connectivity index (χ1v) is 6.61. The third-order valence-electron chi connectivity index (χ3n) is 2.88. The molecule has 2 N–H and O–H groups in total. The molecule has 2 rings (SSSR count). The molecule has 1 aromatic heterocycles. The van der Waals surface area contributed by atoms with E-state index < -0.39 is 0 Å². The number of benzene rings is 1. The zero-order valence-corrected chi connectivity index (χ0v) is 11.0. The summed E-state index contributed by atoms with van der Waals surface area (Å²) in [4.78, 5) is 0. The first-order valence-electron chi connectivity index (χ1n) is 5.73. The monoisotopic (exact) mass is 233 g/mol. The molecule has 1 nitrogen and oxygen atoms in total. The molecule has 86 valence electrons. The van der Waals surface area contributed by atoms with E-state index in [9.17, 15) is 0 Å². The van der Waals surface area contributed by atoms with Crippen LogP contribution in [0.4, 0.5) is 0 Å². The zero-order chi connectivity index (χ0) is 11.8. The molecule has 0 radical (unpaired) electrons. The Labute approximate surface area is 101 Å². The molecule has 16 heavy (non-hydrogen) atoms. The van der Waals surface area contributed by atoms with Gasteiger partial charge in [-0.1, -0.05) is 32.9 Å². The molecule has 0 saturated heterocycles. The van der Waals surface area contributed by atoms with Gasteiger partial charge in [-0.25, -0.2) is 0 Å². The van der Waals surface area contributed by atoms with Gasteiger partial charge in [0.15, 0.2) is 0 Å². The lowest BCUT2D eigenvalue weighted by atomic mass is 9.87. The smallest absolute Gasteiger partial charge is 0.0348 e. The van der Waals surface area contributed by atoms with E-state index in [1.54, 1.807) is 0 Å². The highest BCUT2D eigenvalue weighted by molar-refractivity contribution is 7.17. The fourth-order valence-corrected chi connectivity index (χ4v) is 3.23. The van der Waals surface area contributed by atoms with Crippen LogP contribution in [0, 0.1) is 0 Å². The molecule has 1 aromatic carbocycles. The lowest BCUT2D eigenvalue weighted by molar-refractivity contribution is 0.598. The van der Waals surface area contributed by atoms with Gasteiger partial charge in [0.25, 0.3) is 0 Å². The van der Waals surface area contributed by atoms with Crippen LogP contribution in [-0.2, 0) is 11.8 Å². The van der Waals surface area contributed by atoms with E-state index in [1.165, 1.54) is 21.2 Å². The third-order valence-corrected chi connectivity index (χ3v) is 3.83. The highest BCUT2D eigenvalue weighted by atomic mass is 32.1. The second-order valence-corrected chi connectivity index (χ2v) is 6.18. The maximum absolute atomic E-state index is 5.58. The molecule has 0 unspecified atom stereocenters. The summed E-state index contributed by atoms with van der Waals surface area (Å²) in [5.41, 5.74) is 8.61. The number of nitrogens with two attached hydrogens (primary N) is 1. The maximum atomic E-state index is 5.58. The number of hydrogen-bond acceptors (Lipinski definition) is 2. The van der Waals surface area contributed by atoms with Gasteiger partial charge >= 0.3 is 0 Å². The number of hydrogen-bond donors (Lipinski definition) is 1. The van der Waals surface area contributed by atoms with E-state index in [1.807, 2.05) is 11.3 Å². The van der Waals surface area contributed by atoms with Crippen LogP contribution < -0.4 is 5.73 Å². The molecule has 0 saturated carbocycles. The number of fused-ring (bicyclic) bond motifs is 1. The van der Waals surface area contributed by atoms with Gasteiger partial charge in [0.1, 0.15) is 0 Å². The number of thiophene rings is 1. The molecule has 0 aliphatic heterocycles. The minimum absolute atomic E-state index is 0.230. The average Bonchev–Trinajstić information content (AvgIpc) is 2.60. The van der Waals surface area contributed by atoms with Gasteiger partial charge in [-0.15, -0.1) is 11.3 Å². The maximum Gasteiger partial charge on any atom is 0.0348 e. The summed E-state index contributed by atoms with van der Waals surface area (Å²) in [7, 11) is 0. The highest BCUT2D eigenvalue weighted by Gasteiger charge is 2.18. The van der Waals surface area contributed by atoms with Crippen molar-refractivity contribution in [3.63, 3.8) is 0 Å². The molecule has 0 aliphatic carbocycles. The Kier molecular flexibility index (Phi) is 3.04. The predicted molar refractivity (Wildman–Crippen MR) is 73.3 cm³/mol. The van der Waals surface area contributed by atoms with Gasteiger partial charge in [0, 0.05) is 4.70 Å². The minimum atomic E-state index is 0.230. The Morgan fingerprint density at radius 1 is 1.25 bits per heavy atom. The minimum Gasteiger partial charge on any atom is -0.330 e. The van der Waals surface area contributed by atoms with Crippen LogP contribution in [0.15, 0.2) is 23.6 Å². The van der Waals surface area contributed by atoms with Gasteiger partial charge in [0.2, 0.25) is 0 Å². The molecular weight excluding hydrogens is 214 g/mol. The van der Waals surface area contributed by atoms with Crippen LogP contribution in [-0.4, -0.2) is 6.54 Å². The Morgan fingerprint density at radius 2 is 2.00 bits per heavy atom. The molecule has 2 aromatic rings. The Balaban J connectivity index is 2.51. The molecule has 0 aliphatic rings. The topological polar surface area (TPSA) is 26.0 Å². The van der Waals surface area contributed by atoms with Crippen LogP contribution >= 0.6 is 11.3 Å². The van der Waals surface area contributed by atoms with Crippen molar-refractivity contribution in [2.24, 2.45) is 5.73 Å². The van der Waals surface area contributed by atoms with Crippen molar-refractivity contribution in [2.75, 3.05) is 6.54 Å². The van der Waals surface area contributed by atoms with E-state index in [2.05, 4.69) is 44.4 Å². The number of rotatable bonds is 2. The van der Waals surface area contributed by atoms with Crippen LogP contribution in [0.5, 0.6) is 0 Å². The van der Waals surface area contributed by atoms with Gasteiger partial charge in [-0.2, -0.15) is 0 Å². The van der Waals surface area contributed by atoms with Crippen LogP contribution in [0.3, 0.4) is 0 Å². The fourth-order valence-electron chi connectivity index (χ4n) is 1.98. The van der Waals surface area contributed by atoms with E-state index >= 15 is 0 Å². The lowest BCUT2D eigenvalue weighted by Gasteiger charge is -2.17. The van der Waals surface area contributed by atoms with Crippen molar-refractivity contribution in [1.82, 2.24) is 0 Å². The Morgan fingerprint density at radius 3 is 2.62 bits per heavy atom. The lowest BCUT2D eigenvalue weighted by Crippen LogP contribution is -2.09. The largest absolute Gasteiger partial charge is 0.330 e. The molecule has 2 heteroatoms. The molecule has 1 heterocycles. The second-order valence-electron chi connectivity index (χ2n) is 5.27. The first kappa shape index (κ1) is 11.6. The predicted octanol–water partition coefficient (Wildman–Crippen LogP) is 3.70. The Hall–Kier alpha value is -0.860. The standard InChI is InChI=1S/C14H19NS/c1-14(2,3)12-9-16-13-8-10(6-7-15)4-5-11(12)13/h4-5,8-9H,6-7,15H2,1-3H3. The van der Waals surface area contributed by atoms with Crippen molar-refractivity contribution in [3.8, 4) is 0 Å². The van der Waals surface area contributed by atoms with Crippen molar-refractivity contribution in [1.29, 1.82) is 0 Å². The van der Waals surface area contributed by atoms with Crippen molar-refractivity contribution in [2.45, 2.75) is 32.6 Å². The van der Waals surface area contributed by atoms with Gasteiger partial charge in [0.05, 0.1) is 0 Å².